The maximum atomic E-state index is 9.78. The molecule has 0 aromatic carbocycles. The molecule has 0 amide bonds. The van der Waals surface area contributed by atoms with Crippen molar-refractivity contribution in [1.29, 1.82) is 0 Å². The summed E-state index contributed by atoms with van der Waals surface area (Å²) in [7, 11) is 2.91. The molecule has 0 bridgehead atoms. The fraction of sp³-hybridized carbons (Fsp3) is 0.667. The van der Waals surface area contributed by atoms with E-state index < -0.39 is 0 Å². The van der Waals surface area contributed by atoms with Crippen LogP contribution in [0.15, 0.2) is 0 Å². The Balaban J connectivity index is -0.000000144. The normalized spacial score (nSPS) is 7.07. The SMILES string of the molecule is COC(C)=O.COC(C)=S.CSC(C)=O. The average molecular weight is 254 g/mol. The van der Waals surface area contributed by atoms with E-state index in [2.05, 4.69) is 21.7 Å². The molecule has 0 aliphatic carbocycles. The smallest absolute Gasteiger partial charge is 0.302 e. The minimum Gasteiger partial charge on any atom is -0.491 e. The third kappa shape index (κ3) is 59.9. The van der Waals surface area contributed by atoms with Crippen LogP contribution in [0.1, 0.15) is 20.8 Å². The topological polar surface area (TPSA) is 52.6 Å². The highest BCUT2D eigenvalue weighted by Crippen LogP contribution is 1.88. The monoisotopic (exact) mass is 254 g/mol. The van der Waals surface area contributed by atoms with Gasteiger partial charge in [-0.2, -0.15) is 0 Å². The first-order chi connectivity index (χ1) is 6.81. The van der Waals surface area contributed by atoms with Crippen LogP contribution in [0.4, 0.5) is 0 Å². The lowest BCUT2D eigenvalue weighted by atomic mass is 10.8. The summed E-state index contributed by atoms with van der Waals surface area (Å²) in [5.74, 6) is -0.245. The fourth-order valence-electron chi connectivity index (χ4n) is 0. The van der Waals surface area contributed by atoms with Gasteiger partial charge in [-0.15, -0.1) is 0 Å². The second kappa shape index (κ2) is 15.8. The lowest BCUT2D eigenvalue weighted by Gasteiger charge is -1.85. The Morgan fingerprint density at radius 1 is 1.07 bits per heavy atom. The third-order valence-electron chi connectivity index (χ3n) is 0.862. The molecule has 0 unspecified atom stereocenters. The van der Waals surface area contributed by atoms with Crippen molar-refractivity contribution in [1.82, 2.24) is 0 Å². The zero-order chi connectivity index (χ0) is 12.9. The number of esters is 1. The Labute approximate surface area is 101 Å². The molecule has 0 N–H and O–H groups in total. The molecular weight excluding hydrogens is 236 g/mol. The third-order valence-corrected chi connectivity index (χ3v) is 1.60. The predicted octanol–water partition coefficient (Wildman–Crippen LogP) is 2.06. The molecule has 0 rings (SSSR count). The summed E-state index contributed by atoms with van der Waals surface area (Å²) in [6, 6.07) is 0. The largest absolute Gasteiger partial charge is 0.491 e. The van der Waals surface area contributed by atoms with Crippen molar-refractivity contribution in [3.63, 3.8) is 0 Å². The standard InChI is InChI=1S/C3H6O2.2C3H6OS/c2*1-3(4)5-2;1-3(5)4-2/h3*1-2H3. The van der Waals surface area contributed by atoms with Crippen LogP contribution >= 0.6 is 24.0 Å². The number of thioether (sulfide) groups is 1. The van der Waals surface area contributed by atoms with E-state index in [0.717, 1.165) is 0 Å². The molecule has 0 fully saturated rings. The first-order valence-electron chi connectivity index (χ1n) is 3.95. The van der Waals surface area contributed by atoms with Crippen LogP contribution < -0.4 is 0 Å². The Hall–Kier alpha value is -0.620. The quantitative estimate of drug-likeness (QED) is 0.487. The maximum absolute atomic E-state index is 9.78. The number of ether oxygens (including phenoxy) is 2. The molecule has 0 saturated carbocycles. The summed E-state index contributed by atoms with van der Waals surface area (Å²) in [5.41, 5.74) is 0. The summed E-state index contributed by atoms with van der Waals surface area (Å²) in [4.78, 5) is 19.4. The minimum atomic E-state index is -0.245. The van der Waals surface area contributed by atoms with Crippen LogP contribution in [-0.4, -0.2) is 36.6 Å². The molecule has 6 heteroatoms. The molecule has 0 saturated heterocycles. The van der Waals surface area contributed by atoms with Crippen molar-refractivity contribution in [3.8, 4) is 0 Å². The highest BCUT2D eigenvalue weighted by molar-refractivity contribution is 8.12. The van der Waals surface area contributed by atoms with Crippen LogP contribution in [0.25, 0.3) is 0 Å². The average Bonchev–Trinajstić information content (AvgIpc) is 2.19. The highest BCUT2D eigenvalue weighted by atomic mass is 32.2. The van der Waals surface area contributed by atoms with Gasteiger partial charge in [0.25, 0.3) is 0 Å². The van der Waals surface area contributed by atoms with Crippen molar-refractivity contribution in [2.75, 3.05) is 20.5 Å². The fourth-order valence-corrected chi connectivity index (χ4v) is 0. The van der Waals surface area contributed by atoms with E-state index >= 15 is 0 Å². The Bertz CT molecular complexity index is 159. The maximum Gasteiger partial charge on any atom is 0.302 e. The first-order valence-corrected chi connectivity index (χ1v) is 5.58. The molecule has 0 atom stereocenters. The zero-order valence-electron chi connectivity index (χ0n) is 9.95. The van der Waals surface area contributed by atoms with Crippen molar-refractivity contribution >= 4 is 40.1 Å². The first kappa shape index (κ1) is 19.9. The molecule has 0 spiro atoms. The number of hydrogen-bond donors (Lipinski definition) is 0. The highest BCUT2D eigenvalue weighted by Gasteiger charge is 1.77. The molecule has 15 heavy (non-hydrogen) atoms. The van der Waals surface area contributed by atoms with Crippen molar-refractivity contribution in [3.05, 3.63) is 0 Å². The van der Waals surface area contributed by atoms with Crippen molar-refractivity contribution in [2.24, 2.45) is 0 Å². The molecule has 0 aliphatic heterocycles. The van der Waals surface area contributed by atoms with Gasteiger partial charge in [0.15, 0.2) is 10.2 Å². The van der Waals surface area contributed by atoms with E-state index in [1.165, 1.54) is 25.8 Å². The summed E-state index contributed by atoms with van der Waals surface area (Å²) < 4.78 is 8.59. The van der Waals surface area contributed by atoms with Crippen molar-refractivity contribution < 1.29 is 19.1 Å². The molecule has 90 valence electrons. The lowest BCUT2D eigenvalue weighted by molar-refractivity contribution is -0.137. The molecule has 0 radical (unpaired) electrons. The number of carbonyl (C=O) groups is 2. The van der Waals surface area contributed by atoms with Crippen LogP contribution in [0, 0.1) is 0 Å². The van der Waals surface area contributed by atoms with E-state index in [1.807, 2.05) is 0 Å². The lowest BCUT2D eigenvalue weighted by Crippen LogP contribution is -1.88. The summed E-state index contributed by atoms with van der Waals surface area (Å²) in [6.45, 7) is 4.64. The van der Waals surface area contributed by atoms with Gasteiger partial charge in [0, 0.05) is 20.8 Å². The van der Waals surface area contributed by atoms with Gasteiger partial charge in [-0.1, -0.05) is 11.8 Å². The number of carbonyl (C=O) groups excluding carboxylic acids is 2. The minimum absolute atomic E-state index is 0.171. The van der Waals surface area contributed by atoms with Gasteiger partial charge in [0.05, 0.1) is 14.2 Å². The predicted molar refractivity (Wildman–Crippen MR) is 67.2 cm³/mol. The van der Waals surface area contributed by atoms with Gasteiger partial charge < -0.3 is 9.47 Å². The molecule has 0 aromatic heterocycles. The van der Waals surface area contributed by atoms with E-state index in [1.54, 1.807) is 27.2 Å². The van der Waals surface area contributed by atoms with Gasteiger partial charge in [-0.3, -0.25) is 9.59 Å². The second-order valence-corrected chi connectivity index (χ2v) is 3.65. The molecule has 0 aromatic rings. The van der Waals surface area contributed by atoms with Gasteiger partial charge in [-0.25, -0.2) is 0 Å². The molecule has 0 heterocycles. The van der Waals surface area contributed by atoms with E-state index in [0.29, 0.717) is 5.05 Å². The Morgan fingerprint density at radius 3 is 1.27 bits per heavy atom. The molecule has 4 nitrogen and oxygen atoms in total. The Kier molecular flexibility index (Phi) is 21.0. The zero-order valence-corrected chi connectivity index (χ0v) is 11.6. The van der Waals surface area contributed by atoms with Gasteiger partial charge in [-0.05, 0) is 18.5 Å². The van der Waals surface area contributed by atoms with Gasteiger partial charge in [0.1, 0.15) is 0 Å². The summed E-state index contributed by atoms with van der Waals surface area (Å²) in [6.07, 6.45) is 1.77. The van der Waals surface area contributed by atoms with Crippen LogP contribution in [0.5, 0.6) is 0 Å². The van der Waals surface area contributed by atoms with Crippen molar-refractivity contribution in [2.45, 2.75) is 20.8 Å². The van der Waals surface area contributed by atoms with E-state index in [-0.39, 0.29) is 11.1 Å². The summed E-state index contributed by atoms with van der Waals surface area (Å²) in [5, 5.41) is 0.759. The van der Waals surface area contributed by atoms with Gasteiger partial charge in [0.2, 0.25) is 0 Å². The van der Waals surface area contributed by atoms with E-state index in [4.69, 9.17) is 0 Å². The Morgan fingerprint density at radius 2 is 1.27 bits per heavy atom. The van der Waals surface area contributed by atoms with Crippen LogP contribution in [-0.2, 0) is 19.1 Å². The number of hydrogen-bond acceptors (Lipinski definition) is 6. The molecular formula is C9H18O4S2. The summed E-state index contributed by atoms with van der Waals surface area (Å²) >= 11 is 5.72. The number of rotatable bonds is 0. The number of thiocarbonyl (C=S) groups is 1. The van der Waals surface area contributed by atoms with E-state index in [9.17, 15) is 9.59 Å². The van der Waals surface area contributed by atoms with Gasteiger partial charge >= 0.3 is 5.97 Å². The van der Waals surface area contributed by atoms with Crippen LogP contribution in [0.3, 0.4) is 0 Å². The second-order valence-electron chi connectivity index (χ2n) is 2.09. The molecule has 0 aliphatic rings. The van der Waals surface area contributed by atoms with Crippen LogP contribution in [0.2, 0.25) is 0 Å². The number of methoxy groups -OCH3 is 2.